The molecule has 6 heteroatoms. The van der Waals surface area contributed by atoms with Crippen molar-refractivity contribution in [1.29, 1.82) is 0 Å². The van der Waals surface area contributed by atoms with Crippen molar-refractivity contribution >= 4 is 0 Å². The van der Waals surface area contributed by atoms with E-state index in [1.165, 1.54) is 18.4 Å². The highest BCUT2D eigenvalue weighted by atomic mass is 16.5. The number of rotatable bonds is 9. The van der Waals surface area contributed by atoms with Crippen LogP contribution in [0.5, 0.6) is 11.5 Å². The average molecular weight is 316 g/mol. The molecule has 0 aliphatic heterocycles. The Morgan fingerprint density at radius 3 is 2.78 bits per heavy atom. The fourth-order valence-corrected chi connectivity index (χ4v) is 2.82. The van der Waals surface area contributed by atoms with Gasteiger partial charge < -0.3 is 9.47 Å². The van der Waals surface area contributed by atoms with E-state index in [0.717, 1.165) is 37.6 Å². The second-order valence-corrected chi connectivity index (χ2v) is 5.89. The van der Waals surface area contributed by atoms with Crippen molar-refractivity contribution in [3.8, 4) is 11.5 Å². The topological polar surface area (TPSA) is 52.4 Å². The van der Waals surface area contributed by atoms with Crippen LogP contribution in [0.2, 0.25) is 0 Å². The molecule has 0 atom stereocenters. The van der Waals surface area contributed by atoms with Gasteiger partial charge in [-0.25, -0.2) is 4.98 Å². The molecular formula is C17H24N4O2. The van der Waals surface area contributed by atoms with Gasteiger partial charge in [-0.15, -0.1) is 0 Å². The van der Waals surface area contributed by atoms with Gasteiger partial charge in [-0.3, -0.25) is 9.58 Å². The zero-order chi connectivity index (χ0) is 16.1. The van der Waals surface area contributed by atoms with Crippen molar-refractivity contribution in [2.75, 3.05) is 20.8 Å². The number of aromatic nitrogens is 3. The summed E-state index contributed by atoms with van der Waals surface area (Å²) >= 11 is 0. The Kier molecular flexibility index (Phi) is 5.12. The molecule has 1 aromatic carbocycles. The molecule has 6 nitrogen and oxygen atoms in total. The number of hydrogen-bond acceptors (Lipinski definition) is 5. The molecule has 1 saturated carbocycles. The number of benzene rings is 1. The van der Waals surface area contributed by atoms with Gasteiger partial charge in [0.25, 0.3) is 0 Å². The summed E-state index contributed by atoms with van der Waals surface area (Å²) < 4.78 is 12.7. The van der Waals surface area contributed by atoms with Crippen LogP contribution in [0.1, 0.15) is 24.8 Å². The first kappa shape index (κ1) is 15.8. The molecule has 1 heterocycles. The van der Waals surface area contributed by atoms with Crippen molar-refractivity contribution in [2.45, 2.75) is 38.4 Å². The first-order valence-corrected chi connectivity index (χ1v) is 8.07. The molecule has 1 fully saturated rings. The van der Waals surface area contributed by atoms with Gasteiger partial charge in [0.15, 0.2) is 0 Å². The maximum Gasteiger partial charge on any atom is 0.137 e. The van der Waals surface area contributed by atoms with Crippen molar-refractivity contribution in [3.63, 3.8) is 0 Å². The normalized spacial score (nSPS) is 14.2. The third-order valence-corrected chi connectivity index (χ3v) is 4.23. The maximum absolute atomic E-state index is 5.52. The van der Waals surface area contributed by atoms with Crippen LogP contribution in [-0.2, 0) is 13.1 Å². The first-order chi connectivity index (χ1) is 11.3. The molecule has 1 aliphatic rings. The van der Waals surface area contributed by atoms with Crippen LogP contribution in [0.4, 0.5) is 0 Å². The zero-order valence-corrected chi connectivity index (χ0v) is 13.8. The Bertz CT molecular complexity index is 611. The molecule has 0 N–H and O–H groups in total. The molecule has 1 aliphatic carbocycles. The predicted molar refractivity (Wildman–Crippen MR) is 87.6 cm³/mol. The molecule has 0 radical (unpaired) electrons. The SMILES string of the molecule is COc1ccc(CN(CCCn2cncn2)C2CC2)c(OC)c1. The zero-order valence-electron chi connectivity index (χ0n) is 13.8. The molecular weight excluding hydrogens is 292 g/mol. The van der Waals surface area contributed by atoms with Gasteiger partial charge in [0, 0.05) is 37.3 Å². The van der Waals surface area contributed by atoms with Crippen molar-refractivity contribution in [3.05, 3.63) is 36.4 Å². The van der Waals surface area contributed by atoms with Gasteiger partial charge in [-0.2, -0.15) is 5.10 Å². The van der Waals surface area contributed by atoms with Crippen LogP contribution in [0.15, 0.2) is 30.9 Å². The molecule has 0 saturated heterocycles. The van der Waals surface area contributed by atoms with Gasteiger partial charge in [-0.05, 0) is 25.3 Å². The summed E-state index contributed by atoms with van der Waals surface area (Å²) in [4.78, 5) is 6.53. The Balaban J connectivity index is 1.60. The summed E-state index contributed by atoms with van der Waals surface area (Å²) in [7, 11) is 3.39. The lowest BCUT2D eigenvalue weighted by atomic mass is 10.1. The molecule has 0 bridgehead atoms. The number of hydrogen-bond donors (Lipinski definition) is 0. The average Bonchev–Trinajstić information content (AvgIpc) is 3.30. The predicted octanol–water partition coefficient (Wildman–Crippen LogP) is 2.35. The lowest BCUT2D eigenvalue weighted by Crippen LogP contribution is -2.27. The molecule has 1 aromatic heterocycles. The standard InChI is InChI=1S/C17H24N4O2/c1-22-16-7-4-14(17(10-16)23-2)11-20(15-5-6-15)8-3-9-21-13-18-12-19-21/h4,7,10,12-13,15H,3,5-6,8-9,11H2,1-2H3. The van der Waals surface area contributed by atoms with Crippen LogP contribution in [0.25, 0.3) is 0 Å². The highest BCUT2D eigenvalue weighted by Crippen LogP contribution is 2.31. The van der Waals surface area contributed by atoms with E-state index >= 15 is 0 Å². The number of ether oxygens (including phenoxy) is 2. The van der Waals surface area contributed by atoms with Crippen molar-refractivity contribution in [2.24, 2.45) is 0 Å². The second-order valence-electron chi connectivity index (χ2n) is 5.89. The van der Waals surface area contributed by atoms with E-state index in [4.69, 9.17) is 9.47 Å². The smallest absolute Gasteiger partial charge is 0.137 e. The van der Waals surface area contributed by atoms with Crippen LogP contribution in [0.3, 0.4) is 0 Å². The summed E-state index contributed by atoms with van der Waals surface area (Å²) in [6.07, 6.45) is 7.01. The highest BCUT2D eigenvalue weighted by Gasteiger charge is 2.29. The highest BCUT2D eigenvalue weighted by molar-refractivity contribution is 5.40. The van der Waals surface area contributed by atoms with E-state index < -0.39 is 0 Å². The van der Waals surface area contributed by atoms with E-state index in [2.05, 4.69) is 21.0 Å². The molecule has 0 spiro atoms. The molecule has 2 aromatic rings. The monoisotopic (exact) mass is 316 g/mol. The molecule has 0 unspecified atom stereocenters. The van der Waals surface area contributed by atoms with Gasteiger partial charge >= 0.3 is 0 Å². The summed E-state index contributed by atoms with van der Waals surface area (Å²) in [5.41, 5.74) is 1.21. The fourth-order valence-electron chi connectivity index (χ4n) is 2.82. The third kappa shape index (κ3) is 4.22. The van der Waals surface area contributed by atoms with E-state index in [1.54, 1.807) is 26.9 Å². The lowest BCUT2D eigenvalue weighted by Gasteiger charge is -2.23. The van der Waals surface area contributed by atoms with Crippen LogP contribution < -0.4 is 9.47 Å². The minimum Gasteiger partial charge on any atom is -0.497 e. The molecule has 0 amide bonds. The lowest BCUT2D eigenvalue weighted by molar-refractivity contribution is 0.241. The fraction of sp³-hybridized carbons (Fsp3) is 0.529. The minimum atomic E-state index is 0.706. The number of nitrogens with zero attached hydrogens (tertiary/aromatic N) is 4. The maximum atomic E-state index is 5.52. The van der Waals surface area contributed by atoms with Gasteiger partial charge in [0.1, 0.15) is 24.2 Å². The minimum absolute atomic E-state index is 0.706. The summed E-state index contributed by atoms with van der Waals surface area (Å²) in [5.74, 6) is 1.72. The Morgan fingerprint density at radius 2 is 2.13 bits per heavy atom. The van der Waals surface area contributed by atoms with E-state index in [9.17, 15) is 0 Å². The van der Waals surface area contributed by atoms with Gasteiger partial charge in [0.05, 0.1) is 14.2 Å². The summed E-state index contributed by atoms with van der Waals surface area (Å²) in [6.45, 7) is 2.87. The van der Waals surface area contributed by atoms with Gasteiger partial charge in [0.2, 0.25) is 0 Å². The van der Waals surface area contributed by atoms with Crippen molar-refractivity contribution < 1.29 is 9.47 Å². The number of methoxy groups -OCH3 is 2. The van der Waals surface area contributed by atoms with Crippen LogP contribution in [0, 0.1) is 0 Å². The molecule has 23 heavy (non-hydrogen) atoms. The third-order valence-electron chi connectivity index (χ3n) is 4.23. The molecule has 3 rings (SSSR count). The van der Waals surface area contributed by atoms with E-state index in [-0.39, 0.29) is 0 Å². The van der Waals surface area contributed by atoms with Crippen molar-refractivity contribution in [1.82, 2.24) is 19.7 Å². The summed E-state index contributed by atoms with van der Waals surface area (Å²) in [5, 5.41) is 4.16. The molecule has 124 valence electrons. The number of aryl methyl sites for hydroxylation is 1. The summed E-state index contributed by atoms with van der Waals surface area (Å²) in [6, 6.07) is 6.76. The largest absolute Gasteiger partial charge is 0.497 e. The van der Waals surface area contributed by atoms with Crippen LogP contribution in [-0.4, -0.2) is 46.5 Å². The Labute approximate surface area is 137 Å². The van der Waals surface area contributed by atoms with Crippen LogP contribution >= 0.6 is 0 Å². The van der Waals surface area contributed by atoms with E-state index in [0.29, 0.717) is 6.04 Å². The second kappa shape index (κ2) is 7.46. The Hall–Kier alpha value is -2.08. The Morgan fingerprint density at radius 1 is 1.26 bits per heavy atom. The van der Waals surface area contributed by atoms with E-state index in [1.807, 2.05) is 16.8 Å². The first-order valence-electron chi connectivity index (χ1n) is 8.07. The van der Waals surface area contributed by atoms with Gasteiger partial charge in [-0.1, -0.05) is 6.07 Å². The quantitative estimate of drug-likeness (QED) is 0.711.